The van der Waals surface area contributed by atoms with Crippen molar-refractivity contribution >= 4 is 11.8 Å². The molecule has 3 saturated carbocycles. The Labute approximate surface area is 157 Å². The van der Waals surface area contributed by atoms with Gasteiger partial charge in [-0.25, -0.2) is 0 Å². The van der Waals surface area contributed by atoms with Crippen molar-refractivity contribution in [2.45, 2.75) is 78.7 Å². The molecule has 4 aliphatic rings. The first-order valence-electron chi connectivity index (χ1n) is 10.3. The summed E-state index contributed by atoms with van der Waals surface area (Å²) in [5.74, 6) is 1.63. The molecule has 6 atom stereocenters. The number of ether oxygens (including phenoxy) is 1. The van der Waals surface area contributed by atoms with Crippen molar-refractivity contribution in [3.05, 3.63) is 23.3 Å². The van der Waals surface area contributed by atoms with E-state index >= 15 is 0 Å². The molecule has 4 aliphatic carbocycles. The average molecular weight is 357 g/mol. The maximum atomic E-state index is 12.2. The number of ketones is 1. The Hall–Kier alpha value is -1.38. The van der Waals surface area contributed by atoms with Gasteiger partial charge in [0.25, 0.3) is 0 Å². The normalized spacial score (nSPS) is 44.2. The highest BCUT2D eigenvalue weighted by atomic mass is 16.5. The fraction of sp³-hybridized carbons (Fsp3) is 0.739. The Kier molecular flexibility index (Phi) is 4.20. The van der Waals surface area contributed by atoms with Crippen LogP contribution in [0.2, 0.25) is 0 Å². The zero-order chi connectivity index (χ0) is 18.7. The van der Waals surface area contributed by atoms with E-state index in [1.54, 1.807) is 12.5 Å². The Bertz CT molecular complexity index is 702. The minimum atomic E-state index is -0.166. The highest BCUT2D eigenvalue weighted by Gasteiger charge is 2.57. The molecule has 0 aromatic carbocycles. The lowest BCUT2D eigenvalue weighted by Gasteiger charge is -2.54. The van der Waals surface area contributed by atoms with Gasteiger partial charge in [-0.1, -0.05) is 37.1 Å². The van der Waals surface area contributed by atoms with Crippen molar-refractivity contribution in [2.24, 2.45) is 28.6 Å². The molecule has 26 heavy (non-hydrogen) atoms. The summed E-state index contributed by atoms with van der Waals surface area (Å²) < 4.78 is 5.51. The Morgan fingerprint density at radius 3 is 2.46 bits per heavy atom. The second-order valence-corrected chi connectivity index (χ2v) is 9.64. The minimum Gasteiger partial charge on any atom is -0.462 e. The average Bonchev–Trinajstić information content (AvgIpc) is 2.92. The molecule has 0 aromatic rings. The molecular weight excluding hydrogens is 324 g/mol. The molecule has 0 aliphatic heterocycles. The summed E-state index contributed by atoms with van der Waals surface area (Å²) >= 11 is 0. The van der Waals surface area contributed by atoms with Crippen LogP contribution in [0.25, 0.3) is 0 Å². The van der Waals surface area contributed by atoms with Crippen LogP contribution in [0.5, 0.6) is 0 Å². The van der Waals surface area contributed by atoms with Crippen molar-refractivity contribution in [2.75, 3.05) is 0 Å². The molecule has 0 saturated heterocycles. The smallest absolute Gasteiger partial charge is 0.302 e. The molecule has 0 N–H and O–H groups in total. The lowest BCUT2D eigenvalue weighted by molar-refractivity contribution is -0.148. The van der Waals surface area contributed by atoms with E-state index in [0.29, 0.717) is 17.6 Å². The first-order chi connectivity index (χ1) is 12.3. The van der Waals surface area contributed by atoms with Crippen molar-refractivity contribution < 1.29 is 14.3 Å². The van der Waals surface area contributed by atoms with Gasteiger partial charge in [0, 0.05) is 19.3 Å². The van der Waals surface area contributed by atoms with Crippen LogP contribution >= 0.6 is 0 Å². The monoisotopic (exact) mass is 356 g/mol. The minimum absolute atomic E-state index is 0.0456. The third-order valence-corrected chi connectivity index (χ3v) is 8.35. The van der Waals surface area contributed by atoms with Gasteiger partial charge in [0.05, 0.1) is 0 Å². The van der Waals surface area contributed by atoms with Gasteiger partial charge >= 0.3 is 5.97 Å². The number of hydrogen-bond acceptors (Lipinski definition) is 3. The van der Waals surface area contributed by atoms with Gasteiger partial charge in [-0.3, -0.25) is 9.59 Å². The van der Waals surface area contributed by atoms with E-state index in [0.717, 1.165) is 25.7 Å². The van der Waals surface area contributed by atoms with Crippen LogP contribution in [0, 0.1) is 28.6 Å². The number of rotatable bonds is 2. The predicted octanol–water partition coefficient (Wildman–Crippen LogP) is 5.01. The standard InChI is InChI=1S/C23H32O3/c1-14(24)19-7-8-20-18-6-5-16-13-17(26-15(2)25)9-11-22(16,3)21(18)10-12-23(19,20)4/h5-6,17,19-21H,7-13H2,1-4H3/t17-,19-,20+,21+,22-,23-/m1/s1. The highest BCUT2D eigenvalue weighted by Crippen LogP contribution is 2.65. The van der Waals surface area contributed by atoms with Gasteiger partial charge in [-0.15, -0.1) is 0 Å². The van der Waals surface area contributed by atoms with E-state index in [9.17, 15) is 9.59 Å². The van der Waals surface area contributed by atoms with Crippen LogP contribution in [0.3, 0.4) is 0 Å². The molecule has 0 amide bonds. The second-order valence-electron chi connectivity index (χ2n) is 9.64. The molecule has 142 valence electrons. The summed E-state index contributed by atoms with van der Waals surface area (Å²) in [6.07, 6.45) is 12.3. The van der Waals surface area contributed by atoms with Crippen molar-refractivity contribution in [3.63, 3.8) is 0 Å². The molecule has 0 bridgehead atoms. The molecule has 0 heterocycles. The topological polar surface area (TPSA) is 43.4 Å². The molecule has 0 unspecified atom stereocenters. The fourth-order valence-electron chi connectivity index (χ4n) is 6.97. The predicted molar refractivity (Wildman–Crippen MR) is 101 cm³/mol. The Balaban J connectivity index is 1.64. The summed E-state index contributed by atoms with van der Waals surface area (Å²) in [6, 6.07) is 0. The molecule has 3 nitrogen and oxygen atoms in total. The van der Waals surface area contributed by atoms with Gasteiger partial charge in [-0.2, -0.15) is 0 Å². The summed E-state index contributed by atoms with van der Waals surface area (Å²) in [5.41, 5.74) is 3.44. The molecule has 3 fully saturated rings. The molecule has 0 aromatic heterocycles. The van der Waals surface area contributed by atoms with Crippen molar-refractivity contribution in [1.29, 1.82) is 0 Å². The van der Waals surface area contributed by atoms with E-state index < -0.39 is 0 Å². The SMILES string of the molecule is CC(=O)O[C@@H]1CC[C@]2(C)C(=CC=C3[C@@H]4CC[C@H](C(C)=O)[C@@]4(C)CC[C@@H]32)C1. The first kappa shape index (κ1) is 18.0. The fourth-order valence-corrected chi connectivity index (χ4v) is 6.97. The largest absolute Gasteiger partial charge is 0.462 e. The van der Waals surface area contributed by atoms with Crippen LogP contribution in [0.1, 0.15) is 72.6 Å². The summed E-state index contributed by atoms with van der Waals surface area (Å²) in [4.78, 5) is 23.6. The van der Waals surface area contributed by atoms with Crippen molar-refractivity contribution in [3.8, 4) is 0 Å². The molecule has 0 radical (unpaired) electrons. The highest BCUT2D eigenvalue weighted by molar-refractivity contribution is 5.79. The maximum Gasteiger partial charge on any atom is 0.302 e. The number of esters is 1. The van der Waals surface area contributed by atoms with Gasteiger partial charge in [-0.05, 0) is 68.1 Å². The van der Waals surface area contributed by atoms with Crippen LogP contribution < -0.4 is 0 Å². The lowest BCUT2D eigenvalue weighted by Crippen LogP contribution is -2.46. The van der Waals surface area contributed by atoms with Gasteiger partial charge in [0.1, 0.15) is 11.9 Å². The third-order valence-electron chi connectivity index (χ3n) is 8.35. The van der Waals surface area contributed by atoms with Crippen LogP contribution in [0.4, 0.5) is 0 Å². The first-order valence-corrected chi connectivity index (χ1v) is 10.3. The molecule has 0 spiro atoms. The third kappa shape index (κ3) is 2.53. The van der Waals surface area contributed by atoms with E-state index in [4.69, 9.17) is 4.74 Å². The van der Waals surface area contributed by atoms with Crippen LogP contribution in [-0.4, -0.2) is 17.9 Å². The van der Waals surface area contributed by atoms with Gasteiger partial charge < -0.3 is 4.74 Å². The summed E-state index contributed by atoms with van der Waals surface area (Å²) in [7, 11) is 0. The quantitative estimate of drug-likeness (QED) is 0.654. The Morgan fingerprint density at radius 1 is 1.00 bits per heavy atom. The second kappa shape index (κ2) is 6.07. The van der Waals surface area contributed by atoms with Crippen molar-refractivity contribution in [1.82, 2.24) is 0 Å². The number of carbonyl (C=O) groups excluding carboxylic acids is 2. The molecule has 3 heteroatoms. The maximum absolute atomic E-state index is 12.2. The van der Waals surface area contributed by atoms with Gasteiger partial charge in [0.15, 0.2) is 0 Å². The van der Waals surface area contributed by atoms with Crippen LogP contribution in [-0.2, 0) is 14.3 Å². The van der Waals surface area contributed by atoms with E-state index in [1.165, 1.54) is 31.8 Å². The molecular formula is C23H32O3. The van der Waals surface area contributed by atoms with E-state index in [-0.39, 0.29) is 28.8 Å². The lowest BCUT2D eigenvalue weighted by atomic mass is 9.50. The van der Waals surface area contributed by atoms with Gasteiger partial charge in [0.2, 0.25) is 0 Å². The zero-order valence-electron chi connectivity index (χ0n) is 16.6. The van der Waals surface area contributed by atoms with Crippen LogP contribution in [0.15, 0.2) is 23.3 Å². The number of Topliss-reactive ketones (excluding diaryl/α,β-unsaturated/α-hetero) is 1. The Morgan fingerprint density at radius 2 is 1.77 bits per heavy atom. The number of allylic oxidation sites excluding steroid dienone is 3. The zero-order valence-corrected chi connectivity index (χ0v) is 16.6. The summed E-state index contributed by atoms with van der Waals surface area (Å²) in [5, 5.41) is 0. The number of fused-ring (bicyclic) bond motifs is 5. The number of hydrogen-bond donors (Lipinski definition) is 0. The number of carbonyl (C=O) groups is 2. The van der Waals surface area contributed by atoms with E-state index in [2.05, 4.69) is 26.0 Å². The summed E-state index contributed by atoms with van der Waals surface area (Å²) in [6.45, 7) is 8.09. The molecule has 4 rings (SSSR count). The van der Waals surface area contributed by atoms with E-state index in [1.807, 2.05) is 0 Å².